The standard InChI is InChI=1S/C12H16O4/c1-9-7-8-11(16-10(2)13)5-3-4-6-12(14)15-9/h3-6,9,11H,7-8H2,1-2H3/b5-3+,6-4-/t9-,11+/m1/s1. The van der Waals surface area contributed by atoms with E-state index in [1.165, 1.54) is 13.0 Å². The van der Waals surface area contributed by atoms with Crippen LogP contribution in [0.2, 0.25) is 0 Å². The number of carbonyl (C=O) groups is 2. The van der Waals surface area contributed by atoms with Gasteiger partial charge >= 0.3 is 11.9 Å². The maximum Gasteiger partial charge on any atom is 0.331 e. The SMILES string of the molecule is CC(=O)O[C@H]1/C=C/C=C\C(=O)O[C@H](C)CC1. The zero-order chi connectivity index (χ0) is 12.0. The lowest BCUT2D eigenvalue weighted by Crippen LogP contribution is -2.19. The molecule has 0 spiro atoms. The highest BCUT2D eigenvalue weighted by molar-refractivity contribution is 5.82. The second kappa shape index (κ2) is 6.10. The fourth-order valence-corrected chi connectivity index (χ4v) is 1.43. The summed E-state index contributed by atoms with van der Waals surface area (Å²) < 4.78 is 10.2. The summed E-state index contributed by atoms with van der Waals surface area (Å²) in [5.41, 5.74) is 0. The number of hydrogen-bond acceptors (Lipinski definition) is 4. The molecule has 0 aromatic carbocycles. The third kappa shape index (κ3) is 4.77. The molecule has 1 rings (SSSR count). The Morgan fingerprint density at radius 2 is 2.19 bits per heavy atom. The summed E-state index contributed by atoms with van der Waals surface area (Å²) in [5.74, 6) is -0.650. The Morgan fingerprint density at radius 1 is 1.44 bits per heavy atom. The normalized spacial score (nSPS) is 30.0. The molecular weight excluding hydrogens is 208 g/mol. The van der Waals surface area contributed by atoms with E-state index >= 15 is 0 Å². The van der Waals surface area contributed by atoms with Crippen molar-refractivity contribution in [3.05, 3.63) is 24.3 Å². The molecule has 0 radical (unpaired) electrons. The maximum atomic E-state index is 11.1. The summed E-state index contributed by atoms with van der Waals surface area (Å²) in [6.45, 7) is 3.20. The molecule has 1 aliphatic heterocycles. The number of cyclic esters (lactones) is 1. The highest BCUT2D eigenvalue weighted by Crippen LogP contribution is 2.11. The Bertz CT molecular complexity index is 317. The van der Waals surface area contributed by atoms with Crippen LogP contribution in [0.5, 0.6) is 0 Å². The smallest absolute Gasteiger partial charge is 0.331 e. The summed E-state index contributed by atoms with van der Waals surface area (Å²) >= 11 is 0. The minimum Gasteiger partial charge on any atom is -0.460 e. The van der Waals surface area contributed by atoms with Crippen molar-refractivity contribution in [1.29, 1.82) is 0 Å². The first-order chi connectivity index (χ1) is 7.58. The van der Waals surface area contributed by atoms with Crippen LogP contribution in [0.25, 0.3) is 0 Å². The minimum absolute atomic E-state index is 0.165. The summed E-state index contributed by atoms with van der Waals surface area (Å²) in [6.07, 6.45) is 7.29. The predicted octanol–water partition coefficient (Wildman–Crippen LogP) is 1.76. The lowest BCUT2D eigenvalue weighted by molar-refractivity contribution is -0.147. The highest BCUT2D eigenvalue weighted by atomic mass is 16.5. The fraction of sp³-hybridized carbons (Fsp3) is 0.500. The molecule has 0 amide bonds. The number of ether oxygens (including phenoxy) is 2. The predicted molar refractivity (Wildman–Crippen MR) is 58.6 cm³/mol. The van der Waals surface area contributed by atoms with E-state index < -0.39 is 0 Å². The van der Waals surface area contributed by atoms with Gasteiger partial charge in [0.2, 0.25) is 0 Å². The first-order valence-corrected chi connectivity index (χ1v) is 5.30. The van der Waals surface area contributed by atoms with E-state index in [1.807, 2.05) is 6.92 Å². The lowest BCUT2D eigenvalue weighted by atomic mass is 10.1. The van der Waals surface area contributed by atoms with Gasteiger partial charge in [-0.15, -0.1) is 0 Å². The van der Waals surface area contributed by atoms with Crippen LogP contribution in [0.1, 0.15) is 26.7 Å². The molecule has 0 saturated carbocycles. The van der Waals surface area contributed by atoms with Gasteiger partial charge in [0.25, 0.3) is 0 Å². The molecule has 0 aromatic rings. The molecule has 0 aromatic heterocycles. The van der Waals surface area contributed by atoms with Crippen molar-refractivity contribution in [1.82, 2.24) is 0 Å². The van der Waals surface area contributed by atoms with E-state index in [2.05, 4.69) is 0 Å². The minimum atomic E-state index is -0.344. The van der Waals surface area contributed by atoms with Crippen LogP contribution in [0.4, 0.5) is 0 Å². The van der Waals surface area contributed by atoms with Gasteiger partial charge in [0.05, 0.1) is 6.10 Å². The molecule has 88 valence electrons. The second-order valence-electron chi connectivity index (χ2n) is 3.72. The van der Waals surface area contributed by atoms with Gasteiger partial charge in [0, 0.05) is 13.0 Å². The van der Waals surface area contributed by atoms with E-state index in [-0.39, 0.29) is 24.1 Å². The van der Waals surface area contributed by atoms with E-state index in [0.717, 1.165) is 0 Å². The molecule has 0 bridgehead atoms. The fourth-order valence-electron chi connectivity index (χ4n) is 1.43. The molecule has 0 fully saturated rings. The Balaban J connectivity index is 2.66. The van der Waals surface area contributed by atoms with Gasteiger partial charge < -0.3 is 9.47 Å². The Hall–Kier alpha value is -1.58. The van der Waals surface area contributed by atoms with Crippen LogP contribution in [0.3, 0.4) is 0 Å². The number of carbonyl (C=O) groups excluding carboxylic acids is 2. The van der Waals surface area contributed by atoms with Crippen LogP contribution < -0.4 is 0 Å². The van der Waals surface area contributed by atoms with Crippen molar-refractivity contribution in [2.45, 2.75) is 38.9 Å². The van der Waals surface area contributed by atoms with E-state index in [4.69, 9.17) is 9.47 Å². The van der Waals surface area contributed by atoms with Crippen molar-refractivity contribution in [2.75, 3.05) is 0 Å². The monoisotopic (exact) mass is 224 g/mol. The Labute approximate surface area is 94.9 Å². The van der Waals surface area contributed by atoms with Crippen LogP contribution in [-0.4, -0.2) is 24.1 Å². The average Bonchev–Trinajstić information content (AvgIpc) is 2.19. The van der Waals surface area contributed by atoms with Crippen LogP contribution in [0, 0.1) is 0 Å². The molecule has 1 aliphatic rings. The topological polar surface area (TPSA) is 52.6 Å². The number of allylic oxidation sites excluding steroid dienone is 2. The van der Waals surface area contributed by atoms with E-state index in [0.29, 0.717) is 12.8 Å². The average molecular weight is 224 g/mol. The van der Waals surface area contributed by atoms with Gasteiger partial charge in [0.1, 0.15) is 6.10 Å². The zero-order valence-electron chi connectivity index (χ0n) is 9.51. The van der Waals surface area contributed by atoms with Crippen LogP contribution in [0.15, 0.2) is 24.3 Å². The van der Waals surface area contributed by atoms with Gasteiger partial charge in [-0.2, -0.15) is 0 Å². The number of esters is 2. The zero-order valence-corrected chi connectivity index (χ0v) is 9.51. The van der Waals surface area contributed by atoms with Crippen molar-refractivity contribution in [2.24, 2.45) is 0 Å². The Morgan fingerprint density at radius 3 is 2.88 bits per heavy atom. The summed E-state index contributed by atoms with van der Waals surface area (Å²) in [7, 11) is 0. The van der Waals surface area contributed by atoms with Gasteiger partial charge in [-0.1, -0.05) is 12.2 Å². The third-order valence-corrected chi connectivity index (χ3v) is 2.16. The summed E-state index contributed by atoms with van der Waals surface area (Å²) in [5, 5.41) is 0. The molecule has 16 heavy (non-hydrogen) atoms. The molecule has 4 nitrogen and oxygen atoms in total. The highest BCUT2D eigenvalue weighted by Gasteiger charge is 2.13. The lowest BCUT2D eigenvalue weighted by Gasteiger charge is -2.17. The van der Waals surface area contributed by atoms with E-state index in [1.54, 1.807) is 18.2 Å². The summed E-state index contributed by atoms with van der Waals surface area (Å²) in [4.78, 5) is 22.0. The number of hydrogen-bond donors (Lipinski definition) is 0. The van der Waals surface area contributed by atoms with Gasteiger partial charge in [0.15, 0.2) is 0 Å². The molecule has 0 unspecified atom stereocenters. The summed E-state index contributed by atoms with van der Waals surface area (Å²) in [6, 6.07) is 0. The molecule has 1 heterocycles. The van der Waals surface area contributed by atoms with Crippen molar-refractivity contribution in [3.63, 3.8) is 0 Å². The molecule has 0 aliphatic carbocycles. The van der Waals surface area contributed by atoms with Crippen molar-refractivity contribution >= 4 is 11.9 Å². The number of rotatable bonds is 1. The van der Waals surface area contributed by atoms with E-state index in [9.17, 15) is 9.59 Å². The quantitative estimate of drug-likeness (QED) is 0.637. The third-order valence-electron chi connectivity index (χ3n) is 2.16. The van der Waals surface area contributed by atoms with Crippen LogP contribution in [-0.2, 0) is 19.1 Å². The van der Waals surface area contributed by atoms with Gasteiger partial charge in [-0.05, 0) is 25.8 Å². The molecule has 0 saturated heterocycles. The molecule has 2 atom stereocenters. The molecule has 4 heteroatoms. The van der Waals surface area contributed by atoms with Crippen molar-refractivity contribution < 1.29 is 19.1 Å². The van der Waals surface area contributed by atoms with Gasteiger partial charge in [-0.3, -0.25) is 4.79 Å². The molecular formula is C12H16O4. The second-order valence-corrected chi connectivity index (χ2v) is 3.72. The largest absolute Gasteiger partial charge is 0.460 e. The van der Waals surface area contributed by atoms with Crippen LogP contribution >= 0.6 is 0 Å². The first kappa shape index (κ1) is 12.5. The maximum absolute atomic E-state index is 11.1. The first-order valence-electron chi connectivity index (χ1n) is 5.30. The Kier molecular flexibility index (Phi) is 4.76. The van der Waals surface area contributed by atoms with Crippen molar-refractivity contribution in [3.8, 4) is 0 Å². The van der Waals surface area contributed by atoms with Gasteiger partial charge in [-0.25, -0.2) is 4.79 Å². The molecule has 0 N–H and O–H groups in total.